The molecule has 2 fully saturated rings. The highest BCUT2D eigenvalue weighted by Crippen LogP contribution is 2.59. The Morgan fingerprint density at radius 1 is 1.21 bits per heavy atom. The first kappa shape index (κ1) is 29.0. The molecule has 8 heteroatoms. The van der Waals surface area contributed by atoms with Gasteiger partial charge in [0.2, 0.25) is 5.78 Å². The van der Waals surface area contributed by atoms with E-state index in [1.54, 1.807) is 20.8 Å². The van der Waals surface area contributed by atoms with Crippen LogP contribution in [0.25, 0.3) is 0 Å². The second-order valence-electron chi connectivity index (χ2n) is 13.0. The summed E-state index contributed by atoms with van der Waals surface area (Å²) in [5, 5.41) is 22.3. The van der Waals surface area contributed by atoms with Gasteiger partial charge in [-0.05, 0) is 58.4 Å². The Kier molecular flexibility index (Phi) is 7.52. The molecule has 0 amide bonds. The highest BCUT2D eigenvalue weighted by Gasteiger charge is 2.64. The van der Waals surface area contributed by atoms with Gasteiger partial charge >= 0.3 is 5.97 Å². The van der Waals surface area contributed by atoms with Gasteiger partial charge in [0, 0.05) is 29.7 Å². The molecule has 0 aromatic rings. The fraction of sp³-hybridized carbons (Fsp3) is 0.767. The molecule has 0 spiro atoms. The van der Waals surface area contributed by atoms with E-state index in [0.717, 1.165) is 6.42 Å². The maximum atomic E-state index is 13.8. The molecule has 2 aliphatic heterocycles. The monoisotopic (exact) mass is 532 g/mol. The number of hydrogen-bond donors (Lipinski definition) is 2. The Labute approximate surface area is 225 Å². The molecule has 212 valence electrons. The maximum absolute atomic E-state index is 13.8. The number of hydrogen-bond acceptors (Lipinski definition) is 8. The van der Waals surface area contributed by atoms with Crippen LogP contribution in [0.3, 0.4) is 0 Å². The van der Waals surface area contributed by atoms with Crippen LogP contribution in [-0.4, -0.2) is 63.4 Å². The Balaban J connectivity index is 1.67. The number of ketones is 2. The zero-order chi connectivity index (χ0) is 28.4. The van der Waals surface area contributed by atoms with Gasteiger partial charge in [-0.25, -0.2) is 0 Å². The van der Waals surface area contributed by atoms with Gasteiger partial charge in [-0.3, -0.25) is 14.4 Å². The van der Waals surface area contributed by atoms with Crippen LogP contribution in [0.5, 0.6) is 0 Å². The summed E-state index contributed by atoms with van der Waals surface area (Å²) in [6.07, 6.45) is 2.21. The van der Waals surface area contributed by atoms with Crippen LogP contribution in [0.4, 0.5) is 0 Å². The van der Waals surface area contributed by atoms with Crippen molar-refractivity contribution in [2.45, 2.75) is 123 Å². The van der Waals surface area contributed by atoms with E-state index >= 15 is 0 Å². The maximum Gasteiger partial charge on any atom is 0.302 e. The van der Waals surface area contributed by atoms with Crippen molar-refractivity contribution >= 4 is 17.5 Å². The van der Waals surface area contributed by atoms with Crippen LogP contribution in [-0.2, 0) is 28.6 Å². The molecule has 1 saturated carbocycles. The zero-order valence-electron chi connectivity index (χ0n) is 24.0. The summed E-state index contributed by atoms with van der Waals surface area (Å²) in [7, 11) is 0. The molecule has 0 aromatic carbocycles. The van der Waals surface area contributed by atoms with Crippen molar-refractivity contribution in [3.05, 3.63) is 23.0 Å². The Morgan fingerprint density at radius 2 is 1.87 bits per heavy atom. The van der Waals surface area contributed by atoms with Gasteiger partial charge in [0.05, 0.1) is 29.5 Å². The average Bonchev–Trinajstić information content (AvgIpc) is 2.81. The third-order valence-corrected chi connectivity index (χ3v) is 9.77. The molecule has 4 rings (SSSR count). The fourth-order valence-electron chi connectivity index (χ4n) is 7.46. The minimum atomic E-state index is -1.19. The van der Waals surface area contributed by atoms with Crippen molar-refractivity contribution in [3.8, 4) is 0 Å². The summed E-state index contributed by atoms with van der Waals surface area (Å²) in [5.41, 5.74) is -2.12. The van der Waals surface area contributed by atoms with Crippen molar-refractivity contribution < 1.29 is 38.8 Å². The smallest absolute Gasteiger partial charge is 0.302 e. The third-order valence-electron chi connectivity index (χ3n) is 9.77. The zero-order valence-corrected chi connectivity index (χ0v) is 24.0. The lowest BCUT2D eigenvalue weighted by molar-refractivity contribution is -0.260. The molecule has 2 aliphatic carbocycles. The number of rotatable bonds is 6. The van der Waals surface area contributed by atoms with Crippen LogP contribution in [0.1, 0.15) is 87.5 Å². The molecule has 38 heavy (non-hydrogen) atoms. The molecule has 2 N–H and O–H groups in total. The first-order valence-corrected chi connectivity index (χ1v) is 14.0. The average molecular weight is 533 g/mol. The van der Waals surface area contributed by atoms with Crippen molar-refractivity contribution in [2.75, 3.05) is 0 Å². The standard InChI is InChI=1S/C30H44O8/c1-9-15(2)25(36-17(4)31)16(3)18-14-19(32)22-24(34)27-29(7)12-10-20(28(5,6)35)37-21(29)11-13-30(27,8)38-26(22)23(18)33/h14-16,20-21,24-25,27,34-35H,9-13H2,1-8H3/t15?,16?,20?,21?,24?,25?,27?,29-,30+/m0/s1. The number of aliphatic hydroxyl groups is 2. The molecule has 9 atom stereocenters. The van der Waals surface area contributed by atoms with Crippen LogP contribution >= 0.6 is 0 Å². The molecule has 7 unspecified atom stereocenters. The van der Waals surface area contributed by atoms with Gasteiger partial charge in [-0.1, -0.05) is 34.1 Å². The predicted molar refractivity (Wildman–Crippen MR) is 140 cm³/mol. The predicted octanol–water partition coefficient (Wildman–Crippen LogP) is 3.82. The number of esters is 1. The molecular formula is C30H44O8. The number of fused-ring (bicyclic) bond motifs is 3. The number of allylic oxidation sites excluding steroid dienone is 2. The summed E-state index contributed by atoms with van der Waals surface area (Å²) in [6, 6.07) is 0. The summed E-state index contributed by atoms with van der Waals surface area (Å²) in [5.74, 6) is -2.41. The van der Waals surface area contributed by atoms with Crippen LogP contribution in [0, 0.1) is 23.2 Å². The van der Waals surface area contributed by atoms with Crippen molar-refractivity contribution in [1.82, 2.24) is 0 Å². The summed E-state index contributed by atoms with van der Waals surface area (Å²) >= 11 is 0. The van der Waals surface area contributed by atoms with E-state index < -0.39 is 58.2 Å². The third kappa shape index (κ3) is 4.66. The summed E-state index contributed by atoms with van der Waals surface area (Å²) < 4.78 is 18.4. The van der Waals surface area contributed by atoms with E-state index in [0.29, 0.717) is 25.7 Å². The molecule has 8 nitrogen and oxygen atoms in total. The van der Waals surface area contributed by atoms with Gasteiger partial charge in [0.15, 0.2) is 11.5 Å². The molecule has 4 aliphatic rings. The molecule has 0 bridgehead atoms. The second-order valence-corrected chi connectivity index (χ2v) is 13.0. The van der Waals surface area contributed by atoms with Gasteiger partial charge in [-0.15, -0.1) is 0 Å². The molecule has 2 heterocycles. The highest BCUT2D eigenvalue weighted by atomic mass is 16.5. The quantitative estimate of drug-likeness (QED) is 0.391. The minimum absolute atomic E-state index is 0.00693. The number of aliphatic hydroxyl groups excluding tert-OH is 1. The molecule has 1 saturated heterocycles. The van der Waals surface area contributed by atoms with E-state index in [2.05, 4.69) is 6.92 Å². The van der Waals surface area contributed by atoms with Gasteiger partial charge in [0.1, 0.15) is 11.7 Å². The molecular weight excluding hydrogens is 488 g/mol. The molecule has 0 radical (unpaired) electrons. The Hall–Kier alpha value is -2.03. The van der Waals surface area contributed by atoms with E-state index in [-0.39, 0.29) is 35.0 Å². The van der Waals surface area contributed by atoms with E-state index in [1.165, 1.54) is 13.0 Å². The normalized spacial score (nSPS) is 37.7. The number of carbonyl (C=O) groups is 3. The van der Waals surface area contributed by atoms with Crippen LogP contribution < -0.4 is 0 Å². The topological polar surface area (TPSA) is 119 Å². The minimum Gasteiger partial charge on any atom is -0.482 e. The first-order valence-electron chi connectivity index (χ1n) is 14.0. The van der Waals surface area contributed by atoms with Gasteiger partial charge in [0.25, 0.3) is 0 Å². The van der Waals surface area contributed by atoms with Crippen molar-refractivity contribution in [3.63, 3.8) is 0 Å². The van der Waals surface area contributed by atoms with Gasteiger partial charge in [-0.2, -0.15) is 0 Å². The number of carbonyl (C=O) groups excluding carboxylic acids is 3. The fourth-order valence-corrected chi connectivity index (χ4v) is 7.46. The lowest BCUT2D eigenvalue weighted by atomic mass is 9.52. The van der Waals surface area contributed by atoms with Gasteiger partial charge < -0.3 is 24.4 Å². The first-order chi connectivity index (χ1) is 17.5. The van der Waals surface area contributed by atoms with E-state index in [4.69, 9.17) is 14.2 Å². The van der Waals surface area contributed by atoms with Crippen molar-refractivity contribution in [2.24, 2.45) is 23.2 Å². The van der Waals surface area contributed by atoms with Crippen molar-refractivity contribution in [1.29, 1.82) is 0 Å². The SMILES string of the molecule is CCC(C)C(OC(C)=O)C(C)C1=CC(=O)C2=C(O[C@]3(C)CCC4OC(C(C)(C)O)CC[C@]4(C)C3C2O)C1=O. The van der Waals surface area contributed by atoms with E-state index in [9.17, 15) is 24.6 Å². The Bertz CT molecular complexity index is 1070. The number of ether oxygens (including phenoxy) is 3. The largest absolute Gasteiger partial charge is 0.482 e. The lowest BCUT2D eigenvalue weighted by Gasteiger charge is -2.61. The summed E-state index contributed by atoms with van der Waals surface area (Å²) in [4.78, 5) is 39.1. The number of Topliss-reactive ketones (excluding diaryl/α,β-unsaturated/α-hetero) is 1. The Morgan fingerprint density at radius 3 is 2.45 bits per heavy atom. The van der Waals surface area contributed by atoms with Crippen LogP contribution in [0.15, 0.2) is 23.0 Å². The van der Waals surface area contributed by atoms with Crippen LogP contribution in [0.2, 0.25) is 0 Å². The lowest BCUT2D eigenvalue weighted by Crippen LogP contribution is -2.66. The van der Waals surface area contributed by atoms with E-state index in [1.807, 2.05) is 20.8 Å². The second kappa shape index (κ2) is 9.86. The summed E-state index contributed by atoms with van der Waals surface area (Å²) in [6.45, 7) is 14.5. The molecule has 0 aromatic heterocycles. The highest BCUT2D eigenvalue weighted by molar-refractivity contribution is 6.22.